The zero-order valence-corrected chi connectivity index (χ0v) is 15.1. The summed E-state index contributed by atoms with van der Waals surface area (Å²) in [5.41, 5.74) is 1.12. The van der Waals surface area contributed by atoms with E-state index in [0.29, 0.717) is 11.3 Å². The van der Waals surface area contributed by atoms with Crippen molar-refractivity contribution in [2.45, 2.75) is 17.1 Å². The number of likely N-dealkylation sites (N-methyl/N-ethyl adjacent to an activating group) is 1. The third-order valence-corrected chi connectivity index (χ3v) is 6.19. The number of sulfonamides is 1. The van der Waals surface area contributed by atoms with Crippen LogP contribution in [0.5, 0.6) is 0 Å². The first kappa shape index (κ1) is 18.9. The summed E-state index contributed by atoms with van der Waals surface area (Å²) in [4.78, 5) is 23.9. The number of benzene rings is 1. The van der Waals surface area contributed by atoms with Crippen molar-refractivity contribution in [1.29, 1.82) is 0 Å². The number of carboxylic acids is 1. The number of rotatable bonds is 8. The van der Waals surface area contributed by atoms with Gasteiger partial charge in [0.05, 0.1) is 12.8 Å². The highest BCUT2D eigenvalue weighted by Gasteiger charge is 2.15. The summed E-state index contributed by atoms with van der Waals surface area (Å²) in [5.74, 6) is -1.16. The molecule has 0 spiro atoms. The van der Waals surface area contributed by atoms with E-state index in [1.807, 2.05) is 0 Å². The van der Waals surface area contributed by atoms with Gasteiger partial charge in [0.1, 0.15) is 4.21 Å². The average molecular weight is 382 g/mol. The van der Waals surface area contributed by atoms with E-state index in [1.165, 1.54) is 11.0 Å². The van der Waals surface area contributed by atoms with E-state index < -0.39 is 16.0 Å². The highest BCUT2D eigenvalue weighted by molar-refractivity contribution is 7.94. The number of aliphatic carboxylic acids is 1. The minimum atomic E-state index is -3.60. The lowest BCUT2D eigenvalue weighted by atomic mass is 10.1. The molecule has 0 saturated heterocycles. The van der Waals surface area contributed by atoms with Gasteiger partial charge in [0.25, 0.3) is 10.0 Å². The van der Waals surface area contributed by atoms with Gasteiger partial charge in [-0.05, 0) is 29.1 Å². The van der Waals surface area contributed by atoms with Gasteiger partial charge >= 0.3 is 5.97 Å². The molecule has 1 heterocycles. The third kappa shape index (κ3) is 5.57. The van der Waals surface area contributed by atoms with E-state index in [4.69, 9.17) is 5.11 Å². The number of carbonyl (C=O) groups excluding carboxylic acids is 1. The van der Waals surface area contributed by atoms with Gasteiger partial charge in [0.15, 0.2) is 0 Å². The van der Waals surface area contributed by atoms with Crippen molar-refractivity contribution in [3.8, 4) is 0 Å². The van der Waals surface area contributed by atoms with Crippen LogP contribution in [0.3, 0.4) is 0 Å². The maximum atomic E-state index is 12.1. The highest BCUT2D eigenvalue weighted by Crippen LogP contribution is 2.20. The van der Waals surface area contributed by atoms with Crippen LogP contribution >= 0.6 is 11.3 Å². The Labute approximate surface area is 150 Å². The maximum absolute atomic E-state index is 12.1. The molecule has 7 nitrogen and oxygen atoms in total. The Morgan fingerprint density at radius 2 is 1.88 bits per heavy atom. The van der Waals surface area contributed by atoms with Gasteiger partial charge in [0, 0.05) is 19.3 Å². The van der Waals surface area contributed by atoms with E-state index in [-0.39, 0.29) is 29.5 Å². The molecule has 1 amide bonds. The second-order valence-electron chi connectivity index (χ2n) is 5.37. The molecule has 2 rings (SSSR count). The zero-order valence-electron chi connectivity index (χ0n) is 13.5. The van der Waals surface area contributed by atoms with Crippen LogP contribution in [-0.2, 0) is 26.0 Å². The summed E-state index contributed by atoms with van der Waals surface area (Å²) in [5, 5.41) is 10.3. The molecule has 25 heavy (non-hydrogen) atoms. The highest BCUT2D eigenvalue weighted by atomic mass is 32.2. The fourth-order valence-electron chi connectivity index (χ4n) is 2.01. The Kier molecular flexibility index (Phi) is 6.16. The summed E-state index contributed by atoms with van der Waals surface area (Å²) in [7, 11) is -2.05. The molecule has 0 aliphatic rings. The molecule has 0 aliphatic carbocycles. The smallest absolute Gasteiger partial charge is 0.305 e. The number of thiophene rings is 1. The lowest BCUT2D eigenvalue weighted by Gasteiger charge is -2.16. The van der Waals surface area contributed by atoms with Crippen molar-refractivity contribution < 1.29 is 23.1 Å². The molecule has 0 atom stereocenters. The first-order chi connectivity index (χ1) is 11.8. The molecule has 134 valence electrons. The van der Waals surface area contributed by atoms with Gasteiger partial charge < -0.3 is 10.0 Å². The normalized spacial score (nSPS) is 11.1. The standard InChI is InChI=1S/C16H18N2O5S2/c1-18(9-8-15(20)21)14(19)11-12-4-6-13(7-5-12)17-25(22,23)16-3-2-10-24-16/h2-7,10,17H,8-9,11H2,1H3,(H,20,21). The average Bonchev–Trinajstić information content (AvgIpc) is 3.09. The van der Waals surface area contributed by atoms with Crippen molar-refractivity contribution >= 4 is 38.9 Å². The van der Waals surface area contributed by atoms with E-state index in [0.717, 1.165) is 11.3 Å². The molecule has 0 aliphatic heterocycles. The van der Waals surface area contributed by atoms with Crippen LogP contribution in [0, 0.1) is 0 Å². The van der Waals surface area contributed by atoms with Crippen LogP contribution in [0.4, 0.5) is 5.69 Å². The summed E-state index contributed by atoms with van der Waals surface area (Å²) in [6, 6.07) is 9.68. The first-order valence-electron chi connectivity index (χ1n) is 7.39. The van der Waals surface area contributed by atoms with Gasteiger partial charge in [-0.15, -0.1) is 11.3 Å². The Balaban J connectivity index is 1.96. The van der Waals surface area contributed by atoms with Crippen LogP contribution in [-0.4, -0.2) is 43.9 Å². The lowest BCUT2D eigenvalue weighted by Crippen LogP contribution is -2.30. The van der Waals surface area contributed by atoms with Crippen LogP contribution in [0.25, 0.3) is 0 Å². The minimum absolute atomic E-state index is 0.105. The Morgan fingerprint density at radius 3 is 2.44 bits per heavy atom. The van der Waals surface area contributed by atoms with E-state index >= 15 is 0 Å². The van der Waals surface area contributed by atoms with Gasteiger partial charge in [-0.2, -0.15) is 0 Å². The molecular weight excluding hydrogens is 364 g/mol. The number of amides is 1. The Bertz CT molecular complexity index is 830. The largest absolute Gasteiger partial charge is 0.481 e. The summed E-state index contributed by atoms with van der Waals surface area (Å²) in [6.07, 6.45) is 0.0136. The number of hydrogen-bond acceptors (Lipinski definition) is 5. The number of carboxylic acid groups (broad SMARTS) is 1. The van der Waals surface area contributed by atoms with E-state index in [2.05, 4.69) is 4.72 Å². The molecule has 9 heteroatoms. The summed E-state index contributed by atoms with van der Waals surface area (Å²) in [6.45, 7) is 0.146. The van der Waals surface area contributed by atoms with Crippen molar-refractivity contribution in [2.24, 2.45) is 0 Å². The van der Waals surface area contributed by atoms with Crippen LogP contribution < -0.4 is 4.72 Å². The Morgan fingerprint density at radius 1 is 1.20 bits per heavy atom. The van der Waals surface area contributed by atoms with Crippen molar-refractivity contribution in [2.75, 3.05) is 18.3 Å². The fourth-order valence-corrected chi connectivity index (χ4v) is 4.06. The number of carbonyl (C=O) groups is 2. The molecule has 2 aromatic rings. The number of nitrogens with one attached hydrogen (secondary N) is 1. The molecule has 0 bridgehead atoms. The second-order valence-corrected chi connectivity index (χ2v) is 8.23. The van der Waals surface area contributed by atoms with Crippen LogP contribution in [0.15, 0.2) is 46.0 Å². The quantitative estimate of drug-likeness (QED) is 0.727. The van der Waals surface area contributed by atoms with Gasteiger partial charge in [-0.1, -0.05) is 18.2 Å². The minimum Gasteiger partial charge on any atom is -0.481 e. The molecule has 1 aromatic carbocycles. The first-order valence-corrected chi connectivity index (χ1v) is 9.75. The van der Waals surface area contributed by atoms with Crippen LogP contribution in [0.1, 0.15) is 12.0 Å². The van der Waals surface area contributed by atoms with Gasteiger partial charge in [0.2, 0.25) is 5.91 Å². The molecule has 0 radical (unpaired) electrons. The van der Waals surface area contributed by atoms with Gasteiger partial charge in [-0.25, -0.2) is 8.42 Å². The van der Waals surface area contributed by atoms with E-state index in [1.54, 1.807) is 42.8 Å². The fraction of sp³-hybridized carbons (Fsp3) is 0.250. The molecule has 2 N–H and O–H groups in total. The molecular formula is C16H18N2O5S2. The summed E-state index contributed by atoms with van der Waals surface area (Å²) >= 11 is 1.13. The third-order valence-electron chi connectivity index (χ3n) is 3.41. The van der Waals surface area contributed by atoms with Crippen molar-refractivity contribution in [3.63, 3.8) is 0 Å². The molecule has 0 unspecified atom stereocenters. The number of hydrogen-bond donors (Lipinski definition) is 2. The number of anilines is 1. The Hall–Kier alpha value is -2.39. The van der Waals surface area contributed by atoms with E-state index in [9.17, 15) is 18.0 Å². The molecule has 1 aromatic heterocycles. The lowest BCUT2D eigenvalue weighted by molar-refractivity contribution is -0.138. The predicted octanol–water partition coefficient (Wildman–Crippen LogP) is 2.02. The molecule has 0 fully saturated rings. The zero-order chi connectivity index (χ0) is 18.4. The predicted molar refractivity (Wildman–Crippen MR) is 95.2 cm³/mol. The number of nitrogens with zero attached hydrogens (tertiary/aromatic N) is 1. The van der Waals surface area contributed by atoms with Crippen molar-refractivity contribution in [3.05, 3.63) is 47.3 Å². The molecule has 0 saturated carbocycles. The second kappa shape index (κ2) is 8.13. The monoisotopic (exact) mass is 382 g/mol. The topological polar surface area (TPSA) is 104 Å². The SMILES string of the molecule is CN(CCC(=O)O)C(=O)Cc1ccc(NS(=O)(=O)c2cccs2)cc1. The van der Waals surface area contributed by atoms with Gasteiger partial charge in [-0.3, -0.25) is 14.3 Å². The van der Waals surface area contributed by atoms with Crippen LogP contribution in [0.2, 0.25) is 0 Å². The van der Waals surface area contributed by atoms with Crippen molar-refractivity contribution in [1.82, 2.24) is 4.90 Å². The maximum Gasteiger partial charge on any atom is 0.305 e. The summed E-state index contributed by atoms with van der Waals surface area (Å²) < 4.78 is 27.0.